The molecule has 0 aromatic heterocycles. The van der Waals surface area contributed by atoms with Crippen LogP contribution in [0.25, 0.3) is 0 Å². The molecular formula is C11H14INO. The van der Waals surface area contributed by atoms with Crippen molar-refractivity contribution >= 4 is 34.2 Å². The molecule has 76 valence electrons. The first-order chi connectivity index (χ1) is 6.43. The summed E-state index contributed by atoms with van der Waals surface area (Å²) in [6.45, 7) is 5.67. The summed E-state index contributed by atoms with van der Waals surface area (Å²) >= 11 is 2.27. The maximum absolute atomic E-state index is 11.3. The third kappa shape index (κ3) is 2.26. The van der Waals surface area contributed by atoms with Crippen LogP contribution in [0.2, 0.25) is 0 Å². The van der Waals surface area contributed by atoms with Crippen molar-refractivity contribution in [3.8, 4) is 0 Å². The van der Waals surface area contributed by atoms with E-state index in [1.807, 2.05) is 14.0 Å². The molecule has 0 aliphatic heterocycles. The topological polar surface area (TPSA) is 20.3 Å². The zero-order valence-corrected chi connectivity index (χ0v) is 11.0. The van der Waals surface area contributed by atoms with Crippen LogP contribution in [-0.4, -0.2) is 13.0 Å². The molecule has 1 amide bonds. The Morgan fingerprint density at radius 3 is 2.36 bits per heavy atom. The second-order valence-corrected chi connectivity index (χ2v) is 4.65. The number of halogens is 1. The molecule has 1 aromatic carbocycles. The number of rotatable bonds is 1. The Bertz CT molecular complexity index is 351. The number of carbonyl (C=O) groups is 1. The zero-order chi connectivity index (χ0) is 10.9. The van der Waals surface area contributed by atoms with E-state index in [1.54, 1.807) is 11.8 Å². The smallest absolute Gasteiger partial charge is 0.223 e. The second-order valence-electron chi connectivity index (χ2n) is 3.49. The van der Waals surface area contributed by atoms with Gasteiger partial charge in [0.2, 0.25) is 5.91 Å². The first-order valence-electron chi connectivity index (χ1n) is 4.44. The zero-order valence-electron chi connectivity index (χ0n) is 8.89. The van der Waals surface area contributed by atoms with Crippen LogP contribution < -0.4 is 4.90 Å². The fourth-order valence-corrected chi connectivity index (χ4v) is 2.77. The van der Waals surface area contributed by atoms with E-state index < -0.39 is 0 Å². The van der Waals surface area contributed by atoms with Crippen LogP contribution in [0.4, 0.5) is 5.69 Å². The molecule has 0 aliphatic rings. The predicted octanol–water partition coefficient (Wildman–Crippen LogP) is 2.89. The van der Waals surface area contributed by atoms with E-state index in [1.165, 1.54) is 5.56 Å². The molecule has 0 bridgehead atoms. The second kappa shape index (κ2) is 4.29. The fraction of sp³-hybridized carbons (Fsp3) is 0.364. The number of carbonyl (C=O) groups excluding carboxylic acids is 1. The van der Waals surface area contributed by atoms with E-state index >= 15 is 0 Å². The van der Waals surface area contributed by atoms with Gasteiger partial charge < -0.3 is 4.90 Å². The van der Waals surface area contributed by atoms with Gasteiger partial charge in [-0.25, -0.2) is 0 Å². The van der Waals surface area contributed by atoms with Crippen molar-refractivity contribution in [2.45, 2.75) is 20.8 Å². The summed E-state index contributed by atoms with van der Waals surface area (Å²) in [5, 5.41) is 0. The number of aryl methyl sites for hydroxylation is 2. The van der Waals surface area contributed by atoms with Crippen LogP contribution in [0.1, 0.15) is 18.1 Å². The minimum Gasteiger partial charge on any atom is -0.314 e. The van der Waals surface area contributed by atoms with Gasteiger partial charge >= 0.3 is 0 Å². The van der Waals surface area contributed by atoms with Gasteiger partial charge in [0.25, 0.3) is 0 Å². The van der Waals surface area contributed by atoms with E-state index in [4.69, 9.17) is 0 Å². The molecule has 14 heavy (non-hydrogen) atoms. The minimum atomic E-state index is 0.0647. The molecule has 0 unspecified atom stereocenters. The van der Waals surface area contributed by atoms with Gasteiger partial charge in [-0.1, -0.05) is 6.07 Å². The Hall–Kier alpha value is -0.580. The molecular weight excluding hydrogens is 289 g/mol. The summed E-state index contributed by atoms with van der Waals surface area (Å²) in [7, 11) is 1.81. The molecule has 0 spiro atoms. The number of benzene rings is 1. The summed E-state index contributed by atoms with van der Waals surface area (Å²) < 4.78 is 1.12. The van der Waals surface area contributed by atoms with Crippen LogP contribution in [0.5, 0.6) is 0 Å². The standard InChI is InChI=1S/C11H14INO/c1-7-5-8(2)11(10(12)6-7)13(4)9(3)14/h5-6H,1-4H3. The van der Waals surface area contributed by atoms with Crippen molar-refractivity contribution in [2.75, 3.05) is 11.9 Å². The Balaban J connectivity index is 3.27. The number of amides is 1. The normalized spacial score (nSPS) is 10.1. The molecule has 1 aromatic rings. The molecule has 0 atom stereocenters. The largest absolute Gasteiger partial charge is 0.314 e. The Morgan fingerprint density at radius 1 is 1.36 bits per heavy atom. The van der Waals surface area contributed by atoms with Gasteiger partial charge in [0.15, 0.2) is 0 Å². The van der Waals surface area contributed by atoms with Gasteiger partial charge in [-0.2, -0.15) is 0 Å². The lowest BCUT2D eigenvalue weighted by Crippen LogP contribution is -2.24. The lowest BCUT2D eigenvalue weighted by molar-refractivity contribution is -0.116. The van der Waals surface area contributed by atoms with E-state index in [2.05, 4.69) is 41.6 Å². The molecule has 0 saturated carbocycles. The Labute approximate surface area is 98.4 Å². The molecule has 3 heteroatoms. The SMILES string of the molecule is CC(=O)N(C)c1c(C)cc(C)cc1I. The number of anilines is 1. The number of hydrogen-bond acceptors (Lipinski definition) is 1. The molecule has 0 saturated heterocycles. The summed E-state index contributed by atoms with van der Waals surface area (Å²) in [6, 6.07) is 4.18. The van der Waals surface area contributed by atoms with E-state index in [0.717, 1.165) is 14.8 Å². The lowest BCUT2D eigenvalue weighted by atomic mass is 10.1. The first kappa shape index (κ1) is 11.5. The van der Waals surface area contributed by atoms with Crippen molar-refractivity contribution in [1.82, 2.24) is 0 Å². The summed E-state index contributed by atoms with van der Waals surface area (Å²) in [5.41, 5.74) is 3.39. The quantitative estimate of drug-likeness (QED) is 0.731. The van der Waals surface area contributed by atoms with Crippen molar-refractivity contribution in [2.24, 2.45) is 0 Å². The summed E-state index contributed by atoms with van der Waals surface area (Å²) in [4.78, 5) is 12.9. The summed E-state index contributed by atoms with van der Waals surface area (Å²) in [6.07, 6.45) is 0. The molecule has 0 aliphatic carbocycles. The maximum Gasteiger partial charge on any atom is 0.223 e. The maximum atomic E-state index is 11.3. The van der Waals surface area contributed by atoms with Gasteiger partial charge in [0.1, 0.15) is 0 Å². The molecule has 0 fully saturated rings. The molecule has 0 heterocycles. The van der Waals surface area contributed by atoms with Gasteiger partial charge in [0.05, 0.1) is 5.69 Å². The highest BCUT2D eigenvalue weighted by Crippen LogP contribution is 2.27. The summed E-state index contributed by atoms with van der Waals surface area (Å²) in [5.74, 6) is 0.0647. The van der Waals surface area contributed by atoms with Gasteiger partial charge in [-0.3, -0.25) is 4.79 Å². The number of hydrogen-bond donors (Lipinski definition) is 0. The number of nitrogens with zero attached hydrogens (tertiary/aromatic N) is 1. The van der Waals surface area contributed by atoms with Crippen LogP contribution in [0.15, 0.2) is 12.1 Å². The van der Waals surface area contributed by atoms with Gasteiger partial charge in [-0.15, -0.1) is 0 Å². The highest BCUT2D eigenvalue weighted by Gasteiger charge is 2.12. The van der Waals surface area contributed by atoms with Crippen molar-refractivity contribution in [1.29, 1.82) is 0 Å². The fourth-order valence-electron chi connectivity index (χ4n) is 1.49. The highest BCUT2D eigenvalue weighted by atomic mass is 127. The lowest BCUT2D eigenvalue weighted by Gasteiger charge is -2.19. The van der Waals surface area contributed by atoms with Crippen LogP contribution in [0.3, 0.4) is 0 Å². The third-order valence-corrected chi connectivity index (χ3v) is 3.03. The molecule has 0 N–H and O–H groups in total. The third-order valence-electron chi connectivity index (χ3n) is 2.21. The van der Waals surface area contributed by atoms with Gasteiger partial charge in [-0.05, 0) is 53.6 Å². The van der Waals surface area contributed by atoms with Crippen LogP contribution in [0, 0.1) is 17.4 Å². The molecule has 1 rings (SSSR count). The van der Waals surface area contributed by atoms with E-state index in [9.17, 15) is 4.79 Å². The van der Waals surface area contributed by atoms with Crippen LogP contribution in [-0.2, 0) is 4.79 Å². The molecule has 0 radical (unpaired) electrons. The van der Waals surface area contributed by atoms with E-state index in [-0.39, 0.29) is 5.91 Å². The average molecular weight is 303 g/mol. The predicted molar refractivity (Wildman–Crippen MR) is 67.7 cm³/mol. The van der Waals surface area contributed by atoms with E-state index in [0.29, 0.717) is 0 Å². The van der Waals surface area contributed by atoms with Crippen LogP contribution >= 0.6 is 22.6 Å². The average Bonchev–Trinajstić information content (AvgIpc) is 2.01. The van der Waals surface area contributed by atoms with Crippen molar-refractivity contribution in [3.63, 3.8) is 0 Å². The highest BCUT2D eigenvalue weighted by molar-refractivity contribution is 14.1. The monoisotopic (exact) mass is 303 g/mol. The first-order valence-corrected chi connectivity index (χ1v) is 5.52. The van der Waals surface area contributed by atoms with Crippen molar-refractivity contribution in [3.05, 3.63) is 26.8 Å². The Morgan fingerprint density at radius 2 is 1.93 bits per heavy atom. The minimum absolute atomic E-state index is 0.0647. The van der Waals surface area contributed by atoms with Gasteiger partial charge in [0, 0.05) is 17.5 Å². The van der Waals surface area contributed by atoms with Crippen molar-refractivity contribution < 1.29 is 4.79 Å². The molecule has 2 nitrogen and oxygen atoms in total. The Kier molecular flexibility index (Phi) is 3.53.